The monoisotopic (exact) mass is 345 g/mol. The molecule has 0 saturated heterocycles. The lowest BCUT2D eigenvalue weighted by molar-refractivity contribution is 0.478. The molecule has 4 nitrogen and oxygen atoms in total. The quantitative estimate of drug-likeness (QED) is 0.536. The largest absolute Gasteiger partial charge is 0.506 e. The number of phenolic OH excluding ortho intramolecular Hbond substituents is 1. The number of halogens is 1. The highest BCUT2D eigenvalue weighted by Crippen LogP contribution is 2.32. The van der Waals surface area contributed by atoms with Crippen molar-refractivity contribution >= 4 is 32.7 Å². The van der Waals surface area contributed by atoms with Crippen LogP contribution in [-0.4, -0.2) is 14.7 Å². The number of nitrogens with two attached hydrogens (primary N) is 1. The van der Waals surface area contributed by atoms with Crippen LogP contribution < -0.4 is 5.73 Å². The first kappa shape index (κ1) is 13.9. The van der Waals surface area contributed by atoms with Crippen LogP contribution >= 0.6 is 15.9 Å². The van der Waals surface area contributed by atoms with Crippen molar-refractivity contribution in [1.82, 2.24) is 9.55 Å². The maximum absolute atomic E-state index is 9.59. The molecule has 0 saturated carbocycles. The highest BCUT2D eigenvalue weighted by molar-refractivity contribution is 9.10. The Morgan fingerprint density at radius 1 is 1.19 bits per heavy atom. The summed E-state index contributed by atoms with van der Waals surface area (Å²) in [6.07, 6.45) is 0. The van der Waals surface area contributed by atoms with E-state index in [1.54, 1.807) is 12.1 Å². The van der Waals surface area contributed by atoms with E-state index in [-0.39, 0.29) is 11.8 Å². The number of nitrogen functional groups attached to an aromatic ring is 1. The van der Waals surface area contributed by atoms with Crippen LogP contribution in [0.15, 0.2) is 40.9 Å². The van der Waals surface area contributed by atoms with E-state index in [0.717, 1.165) is 26.9 Å². The van der Waals surface area contributed by atoms with Gasteiger partial charge < -0.3 is 15.4 Å². The number of hydrogen-bond acceptors (Lipinski definition) is 3. The molecule has 3 N–H and O–H groups in total. The van der Waals surface area contributed by atoms with Gasteiger partial charge in [0.25, 0.3) is 0 Å². The number of phenols is 1. The second-order valence-corrected chi connectivity index (χ2v) is 6.22. The summed E-state index contributed by atoms with van der Waals surface area (Å²) >= 11 is 3.48. The Morgan fingerprint density at radius 3 is 2.62 bits per heavy atom. The fourth-order valence-corrected chi connectivity index (χ4v) is 2.84. The third-order valence-corrected chi connectivity index (χ3v) is 3.95. The smallest absolute Gasteiger partial charge is 0.141 e. The summed E-state index contributed by atoms with van der Waals surface area (Å²) in [6.45, 7) is 4.24. The average Bonchev–Trinajstić information content (AvgIpc) is 2.80. The summed E-state index contributed by atoms with van der Waals surface area (Å²) in [7, 11) is 0. The molecular formula is C16H16BrN3O. The minimum Gasteiger partial charge on any atom is -0.506 e. The average molecular weight is 346 g/mol. The van der Waals surface area contributed by atoms with Crippen LogP contribution in [0, 0.1) is 0 Å². The predicted molar refractivity (Wildman–Crippen MR) is 89.3 cm³/mol. The molecule has 0 radical (unpaired) electrons. The van der Waals surface area contributed by atoms with Gasteiger partial charge in [-0.1, -0.05) is 15.9 Å². The van der Waals surface area contributed by atoms with Gasteiger partial charge in [0.2, 0.25) is 0 Å². The highest BCUT2D eigenvalue weighted by Gasteiger charge is 2.15. The number of aromatic hydroxyl groups is 1. The van der Waals surface area contributed by atoms with Gasteiger partial charge in [0.15, 0.2) is 0 Å². The molecule has 0 bridgehead atoms. The molecule has 1 aromatic heterocycles. The van der Waals surface area contributed by atoms with Crippen molar-refractivity contribution in [2.75, 3.05) is 5.73 Å². The zero-order valence-electron chi connectivity index (χ0n) is 11.8. The zero-order valence-corrected chi connectivity index (χ0v) is 13.4. The van der Waals surface area contributed by atoms with E-state index in [1.165, 1.54) is 0 Å². The summed E-state index contributed by atoms with van der Waals surface area (Å²) in [5.74, 6) is 0.943. The van der Waals surface area contributed by atoms with Crippen molar-refractivity contribution in [2.24, 2.45) is 0 Å². The molecule has 1 heterocycles. The molecular weight excluding hydrogens is 330 g/mol. The normalized spacial score (nSPS) is 11.4. The van der Waals surface area contributed by atoms with Crippen molar-refractivity contribution in [3.05, 3.63) is 40.9 Å². The first-order valence-electron chi connectivity index (χ1n) is 6.73. The molecule has 108 valence electrons. The summed E-state index contributed by atoms with van der Waals surface area (Å²) in [4.78, 5) is 4.73. The van der Waals surface area contributed by atoms with Gasteiger partial charge in [0.1, 0.15) is 11.6 Å². The Bertz CT molecular complexity index is 824. The van der Waals surface area contributed by atoms with E-state index >= 15 is 0 Å². The third kappa shape index (κ3) is 2.38. The summed E-state index contributed by atoms with van der Waals surface area (Å²) in [5, 5.41) is 9.59. The SMILES string of the molecule is CC(C)n1c(-c2ccc(O)c(N)c2)nc2cc(Br)ccc21. The van der Waals surface area contributed by atoms with Crippen molar-refractivity contribution in [3.63, 3.8) is 0 Å². The van der Waals surface area contributed by atoms with Gasteiger partial charge in [0.05, 0.1) is 16.7 Å². The lowest BCUT2D eigenvalue weighted by atomic mass is 10.1. The minimum atomic E-state index is 0.0914. The number of aromatic nitrogens is 2. The van der Waals surface area contributed by atoms with Crippen LogP contribution in [0.1, 0.15) is 19.9 Å². The van der Waals surface area contributed by atoms with Gasteiger partial charge >= 0.3 is 0 Å². The Labute approximate surface area is 131 Å². The molecule has 0 aliphatic carbocycles. The molecule has 0 amide bonds. The number of hydrogen-bond donors (Lipinski definition) is 2. The van der Waals surface area contributed by atoms with Crippen LogP contribution in [0.4, 0.5) is 5.69 Å². The van der Waals surface area contributed by atoms with Crippen LogP contribution in [0.25, 0.3) is 22.4 Å². The minimum absolute atomic E-state index is 0.0914. The zero-order chi connectivity index (χ0) is 15.1. The topological polar surface area (TPSA) is 64.1 Å². The third-order valence-electron chi connectivity index (χ3n) is 3.45. The molecule has 0 atom stereocenters. The first-order valence-corrected chi connectivity index (χ1v) is 7.53. The van der Waals surface area contributed by atoms with Crippen LogP contribution in [0.3, 0.4) is 0 Å². The Balaban J connectivity index is 2.30. The van der Waals surface area contributed by atoms with Gasteiger partial charge in [-0.3, -0.25) is 0 Å². The molecule has 0 aliphatic rings. The van der Waals surface area contributed by atoms with Crippen LogP contribution in [0.5, 0.6) is 5.75 Å². The Morgan fingerprint density at radius 2 is 1.95 bits per heavy atom. The first-order chi connectivity index (χ1) is 9.97. The molecule has 0 aliphatic heterocycles. The number of rotatable bonds is 2. The van der Waals surface area contributed by atoms with Gasteiger partial charge in [-0.2, -0.15) is 0 Å². The molecule has 5 heteroatoms. The van der Waals surface area contributed by atoms with E-state index in [1.807, 2.05) is 18.2 Å². The van der Waals surface area contributed by atoms with E-state index in [2.05, 4.69) is 40.4 Å². The highest BCUT2D eigenvalue weighted by atomic mass is 79.9. The lowest BCUT2D eigenvalue weighted by Crippen LogP contribution is -2.03. The van der Waals surface area contributed by atoms with Crippen LogP contribution in [-0.2, 0) is 0 Å². The maximum atomic E-state index is 9.59. The molecule has 0 unspecified atom stereocenters. The Kier molecular flexibility index (Phi) is 3.37. The molecule has 0 fully saturated rings. The van der Waals surface area contributed by atoms with Gasteiger partial charge in [0, 0.05) is 16.1 Å². The van der Waals surface area contributed by atoms with Crippen molar-refractivity contribution in [2.45, 2.75) is 19.9 Å². The van der Waals surface area contributed by atoms with Crippen molar-refractivity contribution in [1.29, 1.82) is 0 Å². The summed E-state index contributed by atoms with van der Waals surface area (Å²) in [5.41, 5.74) is 9.07. The van der Waals surface area contributed by atoms with E-state index in [9.17, 15) is 5.11 Å². The lowest BCUT2D eigenvalue weighted by Gasteiger charge is -2.13. The summed E-state index contributed by atoms with van der Waals surface area (Å²) in [6, 6.07) is 11.5. The van der Waals surface area contributed by atoms with E-state index < -0.39 is 0 Å². The number of fused-ring (bicyclic) bond motifs is 1. The fraction of sp³-hybridized carbons (Fsp3) is 0.188. The van der Waals surface area contributed by atoms with Gasteiger partial charge in [-0.25, -0.2) is 4.98 Å². The second-order valence-electron chi connectivity index (χ2n) is 5.31. The van der Waals surface area contributed by atoms with Gasteiger partial charge in [-0.05, 0) is 50.2 Å². The Hall–Kier alpha value is -2.01. The predicted octanol–water partition coefficient (Wildman–Crippen LogP) is 4.33. The maximum Gasteiger partial charge on any atom is 0.141 e. The van der Waals surface area contributed by atoms with Crippen molar-refractivity contribution in [3.8, 4) is 17.1 Å². The number of anilines is 1. The van der Waals surface area contributed by atoms with E-state index in [0.29, 0.717) is 5.69 Å². The number of nitrogens with zero attached hydrogens (tertiary/aromatic N) is 2. The number of benzene rings is 2. The molecule has 3 rings (SSSR count). The van der Waals surface area contributed by atoms with Gasteiger partial charge in [-0.15, -0.1) is 0 Å². The van der Waals surface area contributed by atoms with Crippen molar-refractivity contribution < 1.29 is 5.11 Å². The molecule has 2 aromatic carbocycles. The number of imidazole rings is 1. The summed E-state index contributed by atoms with van der Waals surface area (Å²) < 4.78 is 3.17. The second kappa shape index (κ2) is 5.07. The molecule has 21 heavy (non-hydrogen) atoms. The van der Waals surface area contributed by atoms with Crippen LogP contribution in [0.2, 0.25) is 0 Å². The fourth-order valence-electron chi connectivity index (χ4n) is 2.49. The molecule has 3 aromatic rings. The standard InChI is InChI=1S/C16H16BrN3O/c1-9(2)20-14-5-4-11(17)8-13(14)19-16(20)10-3-6-15(21)12(18)7-10/h3-9,21H,18H2,1-2H3. The van der Waals surface area contributed by atoms with E-state index in [4.69, 9.17) is 10.7 Å². The molecule has 0 spiro atoms.